The van der Waals surface area contributed by atoms with Crippen molar-refractivity contribution in [2.24, 2.45) is 5.73 Å². The van der Waals surface area contributed by atoms with Crippen LogP contribution in [0, 0.1) is 0 Å². The van der Waals surface area contributed by atoms with Crippen molar-refractivity contribution in [3.05, 3.63) is 36.0 Å². The Morgan fingerprint density at radius 2 is 2.44 bits per heavy atom. The fourth-order valence-electron chi connectivity index (χ4n) is 1.71. The molecule has 0 bridgehead atoms. The van der Waals surface area contributed by atoms with Gasteiger partial charge in [0.2, 0.25) is 0 Å². The molecule has 86 valence electrons. The third-order valence-corrected chi connectivity index (χ3v) is 2.56. The Labute approximate surface area is 93.8 Å². The Balaban J connectivity index is 2.41. The summed E-state index contributed by atoms with van der Waals surface area (Å²) in [5.74, 6) is 0.704. The van der Waals surface area contributed by atoms with Crippen LogP contribution in [-0.2, 0) is 6.54 Å². The van der Waals surface area contributed by atoms with E-state index in [1.807, 2.05) is 17.7 Å². The zero-order valence-electron chi connectivity index (χ0n) is 9.38. The molecule has 0 fully saturated rings. The SMILES string of the molecule is CCn1ncc(OC)c1C(N)c1ccoc1. The summed E-state index contributed by atoms with van der Waals surface area (Å²) < 4.78 is 12.1. The van der Waals surface area contributed by atoms with E-state index in [9.17, 15) is 0 Å². The van der Waals surface area contributed by atoms with Crippen LogP contribution in [0.1, 0.15) is 24.2 Å². The molecule has 0 amide bonds. The van der Waals surface area contributed by atoms with E-state index in [0.717, 1.165) is 17.8 Å². The number of methoxy groups -OCH3 is 1. The first-order valence-electron chi connectivity index (χ1n) is 5.15. The summed E-state index contributed by atoms with van der Waals surface area (Å²) in [5.41, 5.74) is 7.93. The summed E-state index contributed by atoms with van der Waals surface area (Å²) >= 11 is 0. The molecule has 1 unspecified atom stereocenters. The maximum Gasteiger partial charge on any atom is 0.161 e. The van der Waals surface area contributed by atoms with Crippen molar-refractivity contribution in [2.45, 2.75) is 19.5 Å². The number of hydrogen-bond donors (Lipinski definition) is 1. The first kappa shape index (κ1) is 10.8. The van der Waals surface area contributed by atoms with Crippen LogP contribution < -0.4 is 10.5 Å². The molecular formula is C11H15N3O2. The van der Waals surface area contributed by atoms with Crippen molar-refractivity contribution in [1.82, 2.24) is 9.78 Å². The van der Waals surface area contributed by atoms with Crippen LogP contribution in [-0.4, -0.2) is 16.9 Å². The molecule has 2 rings (SSSR count). The van der Waals surface area contributed by atoms with Crippen LogP contribution in [0.2, 0.25) is 0 Å². The predicted molar refractivity (Wildman–Crippen MR) is 59.2 cm³/mol. The average Bonchev–Trinajstić information content (AvgIpc) is 2.96. The Kier molecular flexibility index (Phi) is 2.96. The molecule has 0 aliphatic heterocycles. The van der Waals surface area contributed by atoms with Gasteiger partial charge in [-0.15, -0.1) is 0 Å². The van der Waals surface area contributed by atoms with E-state index in [1.165, 1.54) is 0 Å². The minimum atomic E-state index is -0.281. The highest BCUT2D eigenvalue weighted by Gasteiger charge is 2.20. The number of aryl methyl sites for hydroxylation is 1. The molecule has 0 aromatic carbocycles. The van der Waals surface area contributed by atoms with Crippen molar-refractivity contribution in [1.29, 1.82) is 0 Å². The zero-order chi connectivity index (χ0) is 11.5. The van der Waals surface area contributed by atoms with Gasteiger partial charge < -0.3 is 14.9 Å². The third kappa shape index (κ3) is 1.69. The van der Waals surface area contributed by atoms with Crippen LogP contribution >= 0.6 is 0 Å². The van der Waals surface area contributed by atoms with Gasteiger partial charge in [0.15, 0.2) is 5.75 Å². The van der Waals surface area contributed by atoms with Gasteiger partial charge in [-0.3, -0.25) is 4.68 Å². The fourth-order valence-corrected chi connectivity index (χ4v) is 1.71. The van der Waals surface area contributed by atoms with Crippen LogP contribution in [0.3, 0.4) is 0 Å². The molecule has 0 aliphatic rings. The van der Waals surface area contributed by atoms with Crippen LogP contribution in [0.5, 0.6) is 5.75 Å². The highest BCUT2D eigenvalue weighted by atomic mass is 16.5. The molecule has 0 radical (unpaired) electrons. The largest absolute Gasteiger partial charge is 0.493 e. The highest BCUT2D eigenvalue weighted by Crippen LogP contribution is 2.28. The fraction of sp³-hybridized carbons (Fsp3) is 0.364. The van der Waals surface area contributed by atoms with E-state index >= 15 is 0 Å². The van der Waals surface area contributed by atoms with Gasteiger partial charge in [-0.25, -0.2) is 0 Å². The molecule has 0 aliphatic carbocycles. The van der Waals surface area contributed by atoms with Crippen molar-refractivity contribution in [2.75, 3.05) is 7.11 Å². The quantitative estimate of drug-likeness (QED) is 0.850. The van der Waals surface area contributed by atoms with Crippen molar-refractivity contribution < 1.29 is 9.15 Å². The summed E-state index contributed by atoms with van der Waals surface area (Å²) in [7, 11) is 1.61. The van der Waals surface area contributed by atoms with Crippen LogP contribution in [0.15, 0.2) is 29.2 Å². The maximum absolute atomic E-state index is 6.16. The summed E-state index contributed by atoms with van der Waals surface area (Å²) in [6, 6.07) is 1.56. The van der Waals surface area contributed by atoms with Crippen molar-refractivity contribution >= 4 is 0 Å². The molecule has 5 heteroatoms. The topological polar surface area (TPSA) is 66.2 Å². The lowest BCUT2D eigenvalue weighted by atomic mass is 10.1. The number of rotatable bonds is 4. The average molecular weight is 221 g/mol. The van der Waals surface area contributed by atoms with Gasteiger partial charge in [-0.05, 0) is 13.0 Å². The number of ether oxygens (including phenoxy) is 1. The van der Waals surface area contributed by atoms with Crippen LogP contribution in [0.4, 0.5) is 0 Å². The smallest absolute Gasteiger partial charge is 0.161 e. The normalized spacial score (nSPS) is 12.7. The second-order valence-corrected chi connectivity index (χ2v) is 3.45. The second-order valence-electron chi connectivity index (χ2n) is 3.45. The van der Waals surface area contributed by atoms with Crippen molar-refractivity contribution in [3.63, 3.8) is 0 Å². The molecule has 2 aromatic rings. The number of hydrogen-bond acceptors (Lipinski definition) is 4. The third-order valence-electron chi connectivity index (χ3n) is 2.56. The van der Waals surface area contributed by atoms with Crippen LogP contribution in [0.25, 0.3) is 0 Å². The monoisotopic (exact) mass is 221 g/mol. The van der Waals surface area contributed by atoms with Gasteiger partial charge >= 0.3 is 0 Å². The Morgan fingerprint density at radius 1 is 1.62 bits per heavy atom. The number of aromatic nitrogens is 2. The maximum atomic E-state index is 6.16. The van der Waals surface area contributed by atoms with E-state index in [2.05, 4.69) is 5.10 Å². The number of nitrogens with two attached hydrogens (primary N) is 1. The molecule has 2 heterocycles. The Morgan fingerprint density at radius 3 is 3.00 bits per heavy atom. The highest BCUT2D eigenvalue weighted by molar-refractivity contribution is 5.34. The molecule has 16 heavy (non-hydrogen) atoms. The lowest BCUT2D eigenvalue weighted by Gasteiger charge is -2.13. The molecule has 2 aromatic heterocycles. The summed E-state index contributed by atoms with van der Waals surface area (Å²) in [5, 5.41) is 4.22. The predicted octanol–water partition coefficient (Wildman–Crippen LogP) is 1.55. The molecule has 0 saturated heterocycles. The molecular weight excluding hydrogens is 206 g/mol. The van der Waals surface area contributed by atoms with Gasteiger partial charge in [-0.2, -0.15) is 5.10 Å². The summed E-state index contributed by atoms with van der Waals surface area (Å²) in [6.07, 6.45) is 4.92. The lowest BCUT2D eigenvalue weighted by Crippen LogP contribution is -2.17. The van der Waals surface area contributed by atoms with Gasteiger partial charge in [0.05, 0.1) is 31.9 Å². The van der Waals surface area contributed by atoms with E-state index in [-0.39, 0.29) is 6.04 Å². The standard InChI is InChI=1S/C11H15N3O2/c1-3-14-11(9(15-2)6-13-14)10(12)8-4-5-16-7-8/h4-7,10H,3,12H2,1-2H3. The molecule has 0 spiro atoms. The van der Waals surface area contributed by atoms with Gasteiger partial charge in [0, 0.05) is 12.1 Å². The lowest BCUT2D eigenvalue weighted by molar-refractivity contribution is 0.404. The second kappa shape index (κ2) is 4.40. The van der Waals surface area contributed by atoms with Crippen molar-refractivity contribution in [3.8, 4) is 5.75 Å². The van der Waals surface area contributed by atoms with E-state index < -0.39 is 0 Å². The molecule has 0 saturated carbocycles. The van der Waals surface area contributed by atoms with Gasteiger partial charge in [0.1, 0.15) is 5.69 Å². The minimum absolute atomic E-state index is 0.281. The summed E-state index contributed by atoms with van der Waals surface area (Å²) in [4.78, 5) is 0. The molecule has 2 N–H and O–H groups in total. The van der Waals surface area contributed by atoms with E-state index in [0.29, 0.717) is 5.75 Å². The number of nitrogens with zero attached hydrogens (tertiary/aromatic N) is 2. The first-order valence-corrected chi connectivity index (χ1v) is 5.15. The zero-order valence-corrected chi connectivity index (χ0v) is 9.38. The number of furan rings is 1. The van der Waals surface area contributed by atoms with Gasteiger partial charge in [0.25, 0.3) is 0 Å². The molecule has 5 nitrogen and oxygen atoms in total. The Bertz CT molecular complexity index is 426. The Hall–Kier alpha value is -1.75. The van der Waals surface area contributed by atoms with E-state index in [4.69, 9.17) is 14.9 Å². The first-order chi connectivity index (χ1) is 7.77. The molecule has 1 atom stereocenters. The van der Waals surface area contributed by atoms with Gasteiger partial charge in [-0.1, -0.05) is 0 Å². The van der Waals surface area contributed by atoms with E-state index in [1.54, 1.807) is 25.8 Å². The minimum Gasteiger partial charge on any atom is -0.493 e. The summed E-state index contributed by atoms with van der Waals surface area (Å²) in [6.45, 7) is 2.77.